The molecule has 0 aromatic heterocycles. The lowest BCUT2D eigenvalue weighted by atomic mass is 10.2. The van der Waals surface area contributed by atoms with Gasteiger partial charge in [0.15, 0.2) is 0 Å². The molecule has 3 N–H and O–H groups in total. The Balaban J connectivity index is 1.31. The molecule has 158 valence electrons. The number of nitrogens with one attached hydrogen (secondary N) is 3. The number of amides is 3. The largest absolute Gasteiger partial charge is 0.457 e. The van der Waals surface area contributed by atoms with E-state index in [1.807, 2.05) is 48.5 Å². The summed E-state index contributed by atoms with van der Waals surface area (Å²) in [5.41, 5.74) is 2.44. The van der Waals surface area contributed by atoms with Gasteiger partial charge in [-0.05, 0) is 72.8 Å². The van der Waals surface area contributed by atoms with Crippen molar-refractivity contribution in [3.8, 4) is 11.5 Å². The maximum absolute atomic E-state index is 12.5. The highest BCUT2D eigenvalue weighted by Gasteiger charge is 2.08. The number of urea groups is 1. The molecule has 32 heavy (non-hydrogen) atoms. The van der Waals surface area contributed by atoms with Gasteiger partial charge in [0, 0.05) is 22.6 Å². The lowest BCUT2D eigenvalue weighted by molar-refractivity contribution is 0.102. The zero-order chi connectivity index (χ0) is 22.2. The minimum Gasteiger partial charge on any atom is -0.457 e. The second-order valence-electron chi connectivity index (χ2n) is 6.92. The Labute approximate surface area is 185 Å². The van der Waals surface area contributed by atoms with Crippen LogP contribution in [0.4, 0.5) is 21.9 Å². The molecule has 0 unspecified atom stereocenters. The van der Waals surface area contributed by atoms with E-state index in [1.165, 1.54) is 0 Å². The summed E-state index contributed by atoms with van der Waals surface area (Å²) in [5, 5.41) is 8.34. The Morgan fingerprint density at radius 2 is 0.969 bits per heavy atom. The van der Waals surface area contributed by atoms with E-state index in [4.69, 9.17) is 4.74 Å². The highest BCUT2D eigenvalue weighted by Crippen LogP contribution is 2.22. The van der Waals surface area contributed by atoms with Crippen LogP contribution in [0.25, 0.3) is 0 Å². The van der Waals surface area contributed by atoms with Gasteiger partial charge in [0.1, 0.15) is 11.5 Å². The first kappa shape index (κ1) is 20.7. The van der Waals surface area contributed by atoms with Crippen LogP contribution in [0.15, 0.2) is 109 Å². The van der Waals surface area contributed by atoms with E-state index in [9.17, 15) is 9.59 Å². The monoisotopic (exact) mass is 423 g/mol. The van der Waals surface area contributed by atoms with Gasteiger partial charge in [0.2, 0.25) is 0 Å². The van der Waals surface area contributed by atoms with Crippen LogP contribution in [-0.4, -0.2) is 11.9 Å². The molecule has 0 heterocycles. The average Bonchev–Trinajstić information content (AvgIpc) is 2.82. The zero-order valence-electron chi connectivity index (χ0n) is 17.1. The Kier molecular flexibility index (Phi) is 6.43. The highest BCUT2D eigenvalue weighted by molar-refractivity contribution is 6.04. The van der Waals surface area contributed by atoms with Crippen molar-refractivity contribution < 1.29 is 14.3 Å². The van der Waals surface area contributed by atoms with Gasteiger partial charge in [-0.15, -0.1) is 0 Å². The molecule has 6 heteroatoms. The molecular formula is C26H21N3O3. The van der Waals surface area contributed by atoms with Crippen LogP contribution in [0.5, 0.6) is 11.5 Å². The maximum atomic E-state index is 12.5. The minimum atomic E-state index is -0.342. The second-order valence-corrected chi connectivity index (χ2v) is 6.92. The lowest BCUT2D eigenvalue weighted by Crippen LogP contribution is -2.19. The number of para-hydroxylation sites is 2. The van der Waals surface area contributed by atoms with Crippen molar-refractivity contribution in [2.75, 3.05) is 16.0 Å². The Bertz CT molecular complexity index is 1180. The molecule has 0 fully saturated rings. The average molecular weight is 423 g/mol. The van der Waals surface area contributed by atoms with E-state index in [-0.39, 0.29) is 11.9 Å². The van der Waals surface area contributed by atoms with Crippen LogP contribution < -0.4 is 20.7 Å². The third-order valence-corrected chi connectivity index (χ3v) is 4.53. The molecule has 4 aromatic rings. The Morgan fingerprint density at radius 1 is 0.500 bits per heavy atom. The van der Waals surface area contributed by atoms with Crippen LogP contribution in [0.2, 0.25) is 0 Å². The molecule has 0 aliphatic heterocycles. The van der Waals surface area contributed by atoms with Gasteiger partial charge in [-0.3, -0.25) is 4.79 Å². The van der Waals surface area contributed by atoms with Gasteiger partial charge in [-0.2, -0.15) is 0 Å². The van der Waals surface area contributed by atoms with E-state index in [0.717, 1.165) is 5.75 Å². The van der Waals surface area contributed by atoms with Crippen LogP contribution >= 0.6 is 0 Å². The molecule has 0 atom stereocenters. The van der Waals surface area contributed by atoms with Gasteiger partial charge < -0.3 is 20.7 Å². The van der Waals surface area contributed by atoms with Gasteiger partial charge in [0.05, 0.1) is 0 Å². The quantitative estimate of drug-likeness (QED) is 0.337. The predicted octanol–water partition coefficient (Wildman–Crippen LogP) is 6.38. The molecule has 0 spiro atoms. The first-order valence-corrected chi connectivity index (χ1v) is 10.0. The van der Waals surface area contributed by atoms with Gasteiger partial charge in [0.25, 0.3) is 5.91 Å². The Hall–Kier alpha value is -4.58. The van der Waals surface area contributed by atoms with E-state index < -0.39 is 0 Å². The second kappa shape index (κ2) is 9.95. The number of hydrogen-bond donors (Lipinski definition) is 3. The summed E-state index contributed by atoms with van der Waals surface area (Å²) < 4.78 is 5.74. The summed E-state index contributed by atoms with van der Waals surface area (Å²) in [6, 6.07) is 32.1. The van der Waals surface area contributed by atoms with Gasteiger partial charge in [-0.1, -0.05) is 36.4 Å². The summed E-state index contributed by atoms with van der Waals surface area (Å²) in [6.45, 7) is 0. The fourth-order valence-corrected chi connectivity index (χ4v) is 2.95. The van der Waals surface area contributed by atoms with Crippen LogP contribution in [0.1, 0.15) is 10.4 Å². The molecule has 0 saturated carbocycles. The minimum absolute atomic E-state index is 0.237. The normalized spacial score (nSPS) is 10.1. The number of rotatable bonds is 6. The summed E-state index contributed by atoms with van der Waals surface area (Å²) in [5.74, 6) is 1.14. The molecule has 0 saturated heterocycles. The molecule has 4 aromatic carbocycles. The molecule has 3 amide bonds. The van der Waals surface area contributed by atoms with Gasteiger partial charge in [-0.25, -0.2) is 4.79 Å². The van der Waals surface area contributed by atoms with Crippen molar-refractivity contribution in [3.05, 3.63) is 115 Å². The zero-order valence-corrected chi connectivity index (χ0v) is 17.1. The molecule has 0 aliphatic carbocycles. The van der Waals surface area contributed by atoms with E-state index in [0.29, 0.717) is 28.4 Å². The predicted molar refractivity (Wildman–Crippen MR) is 126 cm³/mol. The van der Waals surface area contributed by atoms with Crippen molar-refractivity contribution in [1.82, 2.24) is 0 Å². The first-order valence-electron chi connectivity index (χ1n) is 10.0. The molecule has 0 aliphatic rings. The number of benzene rings is 4. The SMILES string of the molecule is O=C(Nc1ccccc1)Nc1ccc(NC(=O)c2ccc(Oc3ccccc3)cc2)cc1. The molecule has 0 bridgehead atoms. The van der Waals surface area contributed by atoms with Crippen molar-refractivity contribution in [3.63, 3.8) is 0 Å². The van der Waals surface area contributed by atoms with Crippen molar-refractivity contribution in [2.45, 2.75) is 0 Å². The third-order valence-electron chi connectivity index (χ3n) is 4.53. The number of carbonyl (C=O) groups is 2. The molecule has 6 nitrogen and oxygen atoms in total. The number of anilines is 3. The maximum Gasteiger partial charge on any atom is 0.323 e. The summed E-state index contributed by atoms with van der Waals surface area (Å²) in [4.78, 5) is 24.6. The van der Waals surface area contributed by atoms with Crippen molar-refractivity contribution >= 4 is 29.0 Å². The van der Waals surface area contributed by atoms with E-state index in [2.05, 4.69) is 16.0 Å². The summed E-state index contributed by atoms with van der Waals surface area (Å²) in [7, 11) is 0. The first-order chi connectivity index (χ1) is 15.7. The molecular weight excluding hydrogens is 402 g/mol. The fraction of sp³-hybridized carbons (Fsp3) is 0. The number of hydrogen-bond acceptors (Lipinski definition) is 3. The Morgan fingerprint density at radius 3 is 1.56 bits per heavy atom. The number of carbonyl (C=O) groups excluding carboxylic acids is 2. The number of ether oxygens (including phenoxy) is 1. The fourth-order valence-electron chi connectivity index (χ4n) is 2.95. The van der Waals surface area contributed by atoms with Gasteiger partial charge >= 0.3 is 6.03 Å². The van der Waals surface area contributed by atoms with Crippen molar-refractivity contribution in [1.29, 1.82) is 0 Å². The van der Waals surface area contributed by atoms with Crippen LogP contribution in [-0.2, 0) is 0 Å². The topological polar surface area (TPSA) is 79.5 Å². The summed E-state index contributed by atoms with van der Waals surface area (Å²) >= 11 is 0. The summed E-state index contributed by atoms with van der Waals surface area (Å²) in [6.07, 6.45) is 0. The molecule has 4 rings (SSSR count). The standard InChI is InChI=1S/C26H21N3O3/c30-25(19-11-17-24(18-12-19)32-23-9-5-2-6-10-23)27-21-13-15-22(16-14-21)29-26(31)28-20-7-3-1-4-8-20/h1-18H,(H,27,30)(H2,28,29,31). The van der Waals surface area contributed by atoms with E-state index in [1.54, 1.807) is 60.7 Å². The van der Waals surface area contributed by atoms with E-state index >= 15 is 0 Å². The third kappa shape index (κ3) is 5.73. The van der Waals surface area contributed by atoms with Crippen molar-refractivity contribution in [2.24, 2.45) is 0 Å². The van der Waals surface area contributed by atoms with Crippen LogP contribution in [0, 0.1) is 0 Å². The molecule has 0 radical (unpaired) electrons. The highest BCUT2D eigenvalue weighted by atomic mass is 16.5. The lowest BCUT2D eigenvalue weighted by Gasteiger charge is -2.10. The smallest absolute Gasteiger partial charge is 0.323 e. The van der Waals surface area contributed by atoms with Crippen LogP contribution in [0.3, 0.4) is 0 Å².